The monoisotopic (exact) mass is 315 g/mol. The molecule has 0 spiro atoms. The molecule has 3 aromatic heterocycles. The molecule has 0 aromatic carbocycles. The van der Waals surface area contributed by atoms with Crippen LogP contribution in [0.25, 0.3) is 22.3 Å². The van der Waals surface area contributed by atoms with Crippen molar-refractivity contribution < 1.29 is 8.78 Å². The van der Waals surface area contributed by atoms with Gasteiger partial charge in [-0.1, -0.05) is 0 Å². The first-order chi connectivity index (χ1) is 11.1. The lowest BCUT2D eigenvalue weighted by molar-refractivity contribution is 0.0115. The number of alkyl halides is 2. The largest absolute Gasteiger partial charge is 0.293 e. The smallest absolute Gasteiger partial charge is 0.261 e. The minimum Gasteiger partial charge on any atom is -0.293 e. The quantitative estimate of drug-likeness (QED) is 0.807. The fourth-order valence-corrected chi connectivity index (χ4v) is 2.91. The fourth-order valence-electron chi connectivity index (χ4n) is 2.91. The first-order valence-electron chi connectivity index (χ1n) is 7.44. The van der Waals surface area contributed by atoms with Crippen molar-refractivity contribution in [3.8, 4) is 11.3 Å². The molecule has 1 aliphatic heterocycles. The highest BCUT2D eigenvalue weighted by atomic mass is 19.3. The molecule has 1 N–H and O–H groups in total. The van der Waals surface area contributed by atoms with Gasteiger partial charge in [-0.2, -0.15) is 5.10 Å². The van der Waals surface area contributed by atoms with Gasteiger partial charge in [-0.3, -0.25) is 15.0 Å². The SMILES string of the molecule is FC1(F)CCN(Cc2cncc(-c3ccc4[nH]ncc4n3)c2)C1. The molecule has 0 saturated carbocycles. The Morgan fingerprint density at radius 1 is 1.22 bits per heavy atom. The number of likely N-dealkylation sites (tertiary alicyclic amines) is 1. The molecule has 7 heteroatoms. The lowest BCUT2D eigenvalue weighted by Gasteiger charge is -2.15. The van der Waals surface area contributed by atoms with Gasteiger partial charge in [-0.15, -0.1) is 0 Å². The van der Waals surface area contributed by atoms with E-state index in [4.69, 9.17) is 0 Å². The minimum absolute atomic E-state index is 0.0706. The van der Waals surface area contributed by atoms with Crippen LogP contribution in [0.4, 0.5) is 8.78 Å². The van der Waals surface area contributed by atoms with Gasteiger partial charge in [0.1, 0.15) is 5.52 Å². The number of nitrogens with one attached hydrogen (secondary N) is 1. The minimum atomic E-state index is -2.57. The van der Waals surface area contributed by atoms with E-state index in [0.717, 1.165) is 27.9 Å². The number of aromatic amines is 1. The van der Waals surface area contributed by atoms with E-state index in [1.807, 2.05) is 18.2 Å². The first kappa shape index (κ1) is 14.2. The second kappa shape index (κ2) is 5.34. The normalized spacial score (nSPS) is 17.8. The highest BCUT2D eigenvalue weighted by Gasteiger charge is 2.37. The third-order valence-electron chi connectivity index (χ3n) is 4.04. The molecule has 0 amide bonds. The predicted octanol–water partition coefficient (Wildman–Crippen LogP) is 2.86. The molecule has 118 valence electrons. The van der Waals surface area contributed by atoms with Gasteiger partial charge in [0.15, 0.2) is 0 Å². The number of hydrogen-bond acceptors (Lipinski definition) is 4. The molecule has 0 radical (unpaired) electrons. The maximum Gasteiger partial charge on any atom is 0.261 e. The van der Waals surface area contributed by atoms with E-state index in [-0.39, 0.29) is 13.0 Å². The van der Waals surface area contributed by atoms with Crippen LogP contribution in [0.2, 0.25) is 0 Å². The number of hydrogen-bond donors (Lipinski definition) is 1. The molecular weight excluding hydrogens is 300 g/mol. The van der Waals surface area contributed by atoms with Crippen molar-refractivity contribution in [2.24, 2.45) is 0 Å². The summed E-state index contributed by atoms with van der Waals surface area (Å²) in [4.78, 5) is 10.5. The van der Waals surface area contributed by atoms with E-state index in [2.05, 4.69) is 20.2 Å². The molecule has 5 nitrogen and oxygen atoms in total. The lowest BCUT2D eigenvalue weighted by Crippen LogP contribution is -2.24. The molecule has 1 fully saturated rings. The summed E-state index contributed by atoms with van der Waals surface area (Å²) >= 11 is 0. The van der Waals surface area contributed by atoms with Gasteiger partial charge >= 0.3 is 0 Å². The Bertz CT molecular complexity index is 845. The number of rotatable bonds is 3. The van der Waals surface area contributed by atoms with Gasteiger partial charge in [0.05, 0.1) is 24.0 Å². The summed E-state index contributed by atoms with van der Waals surface area (Å²) in [6, 6.07) is 5.77. The third kappa shape index (κ3) is 2.92. The first-order valence-corrected chi connectivity index (χ1v) is 7.44. The molecule has 23 heavy (non-hydrogen) atoms. The highest BCUT2D eigenvalue weighted by Crippen LogP contribution is 2.28. The van der Waals surface area contributed by atoms with Crippen molar-refractivity contribution in [2.75, 3.05) is 13.1 Å². The van der Waals surface area contributed by atoms with E-state index in [1.54, 1.807) is 23.5 Å². The van der Waals surface area contributed by atoms with Gasteiger partial charge in [-0.05, 0) is 23.8 Å². The number of H-pyrrole nitrogens is 1. The van der Waals surface area contributed by atoms with Crippen LogP contribution in [0.3, 0.4) is 0 Å². The van der Waals surface area contributed by atoms with Crippen molar-refractivity contribution in [3.63, 3.8) is 0 Å². The molecule has 4 rings (SSSR count). The summed E-state index contributed by atoms with van der Waals surface area (Å²) in [6.07, 6.45) is 5.05. The molecule has 1 saturated heterocycles. The second-order valence-electron chi connectivity index (χ2n) is 5.90. The van der Waals surface area contributed by atoms with Crippen molar-refractivity contribution >= 4 is 11.0 Å². The fraction of sp³-hybridized carbons (Fsp3) is 0.312. The molecule has 1 aliphatic rings. The van der Waals surface area contributed by atoms with E-state index in [0.29, 0.717) is 13.1 Å². The van der Waals surface area contributed by atoms with Crippen LogP contribution in [0, 0.1) is 0 Å². The Balaban J connectivity index is 1.58. The average molecular weight is 315 g/mol. The van der Waals surface area contributed by atoms with Crippen molar-refractivity contribution in [1.29, 1.82) is 0 Å². The highest BCUT2D eigenvalue weighted by molar-refractivity contribution is 5.77. The number of halogens is 2. The molecular formula is C16H15F2N5. The number of pyridine rings is 2. The van der Waals surface area contributed by atoms with E-state index >= 15 is 0 Å². The number of fused-ring (bicyclic) bond motifs is 1. The van der Waals surface area contributed by atoms with Gasteiger partial charge in [0, 0.05) is 37.5 Å². The zero-order chi connectivity index (χ0) is 15.9. The summed E-state index contributed by atoms with van der Waals surface area (Å²) in [6.45, 7) is 0.706. The van der Waals surface area contributed by atoms with Crippen molar-refractivity contribution in [3.05, 3.63) is 42.4 Å². The molecule has 0 unspecified atom stereocenters. The summed E-state index contributed by atoms with van der Waals surface area (Å²) in [5, 5.41) is 6.81. The number of aromatic nitrogens is 4. The standard InChI is InChI=1S/C16H15F2N5/c17-16(18)3-4-23(10-16)9-11-5-12(7-19-6-11)13-1-2-14-15(21-13)8-20-22-14/h1-2,5-8H,3-4,9-10H2,(H,20,22). The average Bonchev–Trinajstić information content (AvgIpc) is 3.13. The van der Waals surface area contributed by atoms with Gasteiger partial charge in [0.25, 0.3) is 5.92 Å². The van der Waals surface area contributed by atoms with Gasteiger partial charge in [0.2, 0.25) is 0 Å². The maximum absolute atomic E-state index is 13.3. The third-order valence-corrected chi connectivity index (χ3v) is 4.04. The Morgan fingerprint density at radius 2 is 2.13 bits per heavy atom. The zero-order valence-corrected chi connectivity index (χ0v) is 12.3. The lowest BCUT2D eigenvalue weighted by atomic mass is 10.1. The van der Waals surface area contributed by atoms with Crippen LogP contribution in [0.1, 0.15) is 12.0 Å². The van der Waals surface area contributed by atoms with E-state index in [9.17, 15) is 8.78 Å². The summed E-state index contributed by atoms with van der Waals surface area (Å²) in [7, 11) is 0. The number of nitrogens with zero attached hydrogens (tertiary/aromatic N) is 4. The Morgan fingerprint density at radius 3 is 2.96 bits per heavy atom. The summed E-state index contributed by atoms with van der Waals surface area (Å²) in [5.41, 5.74) is 4.23. The van der Waals surface area contributed by atoms with E-state index in [1.165, 1.54) is 0 Å². The molecule has 0 bridgehead atoms. The van der Waals surface area contributed by atoms with Crippen molar-refractivity contribution in [1.82, 2.24) is 25.1 Å². The van der Waals surface area contributed by atoms with Crippen LogP contribution < -0.4 is 0 Å². The Hall–Kier alpha value is -2.41. The molecule has 4 heterocycles. The predicted molar refractivity (Wildman–Crippen MR) is 82.0 cm³/mol. The summed E-state index contributed by atoms with van der Waals surface area (Å²) < 4.78 is 26.6. The molecule has 0 aliphatic carbocycles. The van der Waals surface area contributed by atoms with Crippen LogP contribution >= 0.6 is 0 Å². The van der Waals surface area contributed by atoms with Gasteiger partial charge in [-0.25, -0.2) is 13.8 Å². The van der Waals surface area contributed by atoms with Crippen LogP contribution in [0.5, 0.6) is 0 Å². The topological polar surface area (TPSA) is 57.7 Å². The Labute approximate surface area is 131 Å². The van der Waals surface area contributed by atoms with Crippen LogP contribution in [0.15, 0.2) is 36.8 Å². The summed E-state index contributed by atoms with van der Waals surface area (Å²) in [5.74, 6) is -2.57. The second-order valence-corrected chi connectivity index (χ2v) is 5.90. The van der Waals surface area contributed by atoms with Gasteiger partial charge < -0.3 is 0 Å². The van der Waals surface area contributed by atoms with Crippen LogP contribution in [-0.2, 0) is 6.54 Å². The molecule has 0 atom stereocenters. The van der Waals surface area contributed by atoms with Crippen molar-refractivity contribution in [2.45, 2.75) is 18.9 Å². The Kier molecular flexibility index (Phi) is 3.30. The molecule has 3 aromatic rings. The zero-order valence-electron chi connectivity index (χ0n) is 12.3. The maximum atomic E-state index is 13.3. The van der Waals surface area contributed by atoms with Crippen LogP contribution in [-0.4, -0.2) is 44.1 Å². The van der Waals surface area contributed by atoms with E-state index < -0.39 is 5.92 Å².